The van der Waals surface area contributed by atoms with Crippen molar-refractivity contribution < 1.29 is 0 Å². The van der Waals surface area contributed by atoms with E-state index >= 15 is 0 Å². The van der Waals surface area contributed by atoms with Crippen LogP contribution in [0.4, 0.5) is 5.95 Å². The van der Waals surface area contributed by atoms with E-state index < -0.39 is 0 Å². The van der Waals surface area contributed by atoms with Crippen molar-refractivity contribution in [2.24, 2.45) is 0 Å². The number of rotatable bonds is 5. The molecule has 1 aromatic rings. The van der Waals surface area contributed by atoms with Crippen LogP contribution in [0.5, 0.6) is 0 Å². The van der Waals surface area contributed by atoms with Crippen molar-refractivity contribution in [3.05, 3.63) is 18.0 Å². The molecule has 0 aromatic carbocycles. The summed E-state index contributed by atoms with van der Waals surface area (Å²) in [5, 5.41) is 3.31. The monoisotopic (exact) mass is 248 g/mol. The zero-order valence-electron chi connectivity index (χ0n) is 11.5. The highest BCUT2D eigenvalue weighted by Crippen LogP contribution is 2.17. The van der Waals surface area contributed by atoms with E-state index in [1.165, 1.54) is 37.8 Å². The first kappa shape index (κ1) is 13.3. The summed E-state index contributed by atoms with van der Waals surface area (Å²) in [7, 11) is 2.23. The summed E-state index contributed by atoms with van der Waals surface area (Å²) in [5.74, 6) is 0.755. The van der Waals surface area contributed by atoms with Crippen LogP contribution in [0.2, 0.25) is 0 Å². The van der Waals surface area contributed by atoms with Crippen molar-refractivity contribution in [2.75, 3.05) is 25.5 Å². The Morgan fingerprint density at radius 2 is 2.11 bits per heavy atom. The van der Waals surface area contributed by atoms with Crippen LogP contribution in [0.15, 0.2) is 12.4 Å². The molecule has 1 aromatic heterocycles. The largest absolute Gasteiger partial charge is 0.354 e. The van der Waals surface area contributed by atoms with E-state index in [0.29, 0.717) is 0 Å². The summed E-state index contributed by atoms with van der Waals surface area (Å²) in [6.45, 7) is 4.32. The Morgan fingerprint density at radius 3 is 2.78 bits per heavy atom. The standard InChI is InChI=1S/C14H24N4/c1-3-12-10-16-14(17-11-12)15-8-7-13-6-4-5-9-18(13)2/h10-11,13H,3-9H2,1-2H3,(H,15,16,17). The number of hydrogen-bond donors (Lipinski definition) is 1. The second-order valence-electron chi connectivity index (χ2n) is 5.11. The second-order valence-corrected chi connectivity index (χ2v) is 5.11. The topological polar surface area (TPSA) is 41.1 Å². The Labute approximate surface area is 110 Å². The number of nitrogens with one attached hydrogen (secondary N) is 1. The summed E-state index contributed by atoms with van der Waals surface area (Å²) in [4.78, 5) is 11.1. The summed E-state index contributed by atoms with van der Waals surface area (Å²) in [5.41, 5.74) is 1.19. The molecule has 2 heterocycles. The maximum atomic E-state index is 4.32. The van der Waals surface area contributed by atoms with Gasteiger partial charge in [0, 0.05) is 25.0 Å². The molecule has 4 heteroatoms. The van der Waals surface area contributed by atoms with E-state index in [9.17, 15) is 0 Å². The number of aromatic nitrogens is 2. The van der Waals surface area contributed by atoms with E-state index in [-0.39, 0.29) is 0 Å². The van der Waals surface area contributed by atoms with Crippen molar-refractivity contribution in [1.82, 2.24) is 14.9 Å². The average Bonchev–Trinajstić information content (AvgIpc) is 2.42. The first-order valence-corrected chi connectivity index (χ1v) is 7.04. The van der Waals surface area contributed by atoms with Crippen molar-refractivity contribution >= 4 is 5.95 Å². The van der Waals surface area contributed by atoms with Crippen LogP contribution in [0.3, 0.4) is 0 Å². The van der Waals surface area contributed by atoms with Gasteiger partial charge in [-0.3, -0.25) is 0 Å². The predicted molar refractivity (Wildman–Crippen MR) is 74.8 cm³/mol. The van der Waals surface area contributed by atoms with Crippen LogP contribution in [0.1, 0.15) is 38.2 Å². The van der Waals surface area contributed by atoms with E-state index in [1.807, 2.05) is 12.4 Å². The highest BCUT2D eigenvalue weighted by atomic mass is 15.1. The minimum Gasteiger partial charge on any atom is -0.354 e. The van der Waals surface area contributed by atoms with E-state index in [1.54, 1.807) is 0 Å². The minimum absolute atomic E-state index is 0.723. The molecule has 1 saturated heterocycles. The molecule has 0 spiro atoms. The van der Waals surface area contributed by atoms with E-state index in [2.05, 4.69) is 34.2 Å². The molecule has 1 N–H and O–H groups in total. The Bertz CT molecular complexity index is 349. The fourth-order valence-corrected chi connectivity index (χ4v) is 2.49. The number of likely N-dealkylation sites (tertiary alicyclic amines) is 1. The molecular weight excluding hydrogens is 224 g/mol. The van der Waals surface area contributed by atoms with Gasteiger partial charge in [0.25, 0.3) is 0 Å². The molecule has 1 atom stereocenters. The van der Waals surface area contributed by atoms with Crippen LogP contribution >= 0.6 is 0 Å². The van der Waals surface area contributed by atoms with E-state index in [0.717, 1.165) is 25.0 Å². The Kier molecular flexibility index (Phi) is 4.93. The van der Waals surface area contributed by atoms with Crippen molar-refractivity contribution in [3.63, 3.8) is 0 Å². The van der Waals surface area contributed by atoms with Gasteiger partial charge in [0.2, 0.25) is 5.95 Å². The summed E-state index contributed by atoms with van der Waals surface area (Å²) in [6, 6.07) is 0.723. The molecule has 4 nitrogen and oxygen atoms in total. The van der Waals surface area contributed by atoms with Crippen LogP contribution in [0, 0.1) is 0 Å². The third-order valence-corrected chi connectivity index (χ3v) is 3.80. The minimum atomic E-state index is 0.723. The number of piperidine rings is 1. The zero-order chi connectivity index (χ0) is 12.8. The first-order valence-electron chi connectivity index (χ1n) is 7.04. The quantitative estimate of drug-likeness (QED) is 0.868. The molecule has 1 unspecified atom stereocenters. The Hall–Kier alpha value is -1.16. The SMILES string of the molecule is CCc1cnc(NCCC2CCCCN2C)nc1. The van der Waals surface area contributed by atoms with Gasteiger partial charge >= 0.3 is 0 Å². The van der Waals surface area contributed by atoms with Crippen molar-refractivity contribution in [2.45, 2.75) is 45.1 Å². The molecular formula is C14H24N4. The smallest absolute Gasteiger partial charge is 0.222 e. The van der Waals surface area contributed by atoms with Crippen LogP contribution in [-0.2, 0) is 6.42 Å². The number of anilines is 1. The lowest BCUT2D eigenvalue weighted by atomic mass is 10.0. The Morgan fingerprint density at radius 1 is 1.33 bits per heavy atom. The molecule has 18 heavy (non-hydrogen) atoms. The van der Waals surface area contributed by atoms with Gasteiger partial charge in [-0.15, -0.1) is 0 Å². The van der Waals surface area contributed by atoms with Gasteiger partial charge in [-0.1, -0.05) is 13.3 Å². The third-order valence-electron chi connectivity index (χ3n) is 3.80. The fraction of sp³-hybridized carbons (Fsp3) is 0.714. The van der Waals surface area contributed by atoms with E-state index in [4.69, 9.17) is 0 Å². The molecule has 0 saturated carbocycles. The van der Waals surface area contributed by atoms with Gasteiger partial charge in [0.05, 0.1) is 0 Å². The normalized spacial score (nSPS) is 20.9. The molecule has 0 aliphatic carbocycles. The van der Waals surface area contributed by atoms with Crippen LogP contribution in [-0.4, -0.2) is 41.0 Å². The van der Waals surface area contributed by atoms with Crippen LogP contribution in [0.25, 0.3) is 0 Å². The average molecular weight is 248 g/mol. The highest BCUT2D eigenvalue weighted by Gasteiger charge is 2.17. The van der Waals surface area contributed by atoms with Gasteiger partial charge in [-0.2, -0.15) is 0 Å². The molecule has 1 fully saturated rings. The predicted octanol–water partition coefficient (Wildman–Crippen LogP) is 2.33. The van der Waals surface area contributed by atoms with Gasteiger partial charge in [0.1, 0.15) is 0 Å². The van der Waals surface area contributed by atoms with Crippen molar-refractivity contribution in [1.29, 1.82) is 0 Å². The summed E-state index contributed by atoms with van der Waals surface area (Å²) < 4.78 is 0. The molecule has 0 radical (unpaired) electrons. The highest BCUT2D eigenvalue weighted by molar-refractivity contribution is 5.24. The lowest BCUT2D eigenvalue weighted by Crippen LogP contribution is -2.37. The lowest BCUT2D eigenvalue weighted by Gasteiger charge is -2.32. The second kappa shape index (κ2) is 6.69. The molecule has 2 rings (SSSR count). The molecule has 100 valence electrons. The number of aryl methyl sites for hydroxylation is 1. The maximum Gasteiger partial charge on any atom is 0.222 e. The van der Waals surface area contributed by atoms with Crippen molar-refractivity contribution in [3.8, 4) is 0 Å². The number of nitrogens with zero attached hydrogens (tertiary/aromatic N) is 3. The summed E-state index contributed by atoms with van der Waals surface area (Å²) in [6.07, 6.45) is 10.0. The van der Waals surface area contributed by atoms with Gasteiger partial charge in [-0.05, 0) is 44.8 Å². The zero-order valence-corrected chi connectivity index (χ0v) is 11.5. The summed E-state index contributed by atoms with van der Waals surface area (Å²) >= 11 is 0. The third kappa shape index (κ3) is 3.67. The van der Waals surface area contributed by atoms with Gasteiger partial charge in [0.15, 0.2) is 0 Å². The first-order chi connectivity index (χ1) is 8.79. The molecule has 0 bridgehead atoms. The fourth-order valence-electron chi connectivity index (χ4n) is 2.49. The maximum absolute atomic E-state index is 4.32. The molecule has 1 aliphatic heterocycles. The molecule has 0 amide bonds. The number of hydrogen-bond acceptors (Lipinski definition) is 4. The van der Waals surface area contributed by atoms with Crippen LogP contribution < -0.4 is 5.32 Å². The van der Waals surface area contributed by atoms with Gasteiger partial charge in [-0.25, -0.2) is 9.97 Å². The van der Waals surface area contributed by atoms with Gasteiger partial charge < -0.3 is 10.2 Å². The lowest BCUT2D eigenvalue weighted by molar-refractivity contribution is 0.179. The molecule has 1 aliphatic rings. The Balaban J connectivity index is 1.73.